The van der Waals surface area contributed by atoms with E-state index in [4.69, 9.17) is 23.2 Å². The Morgan fingerprint density at radius 2 is 1.79 bits per heavy atom. The second-order valence-electron chi connectivity index (χ2n) is 3.67. The minimum Gasteiger partial charge on any atom is -0.320 e. The molecule has 0 aromatic heterocycles. The number of carbonyl (C=O) groups is 1. The van der Waals surface area contributed by atoms with E-state index < -0.39 is 17.5 Å². The summed E-state index contributed by atoms with van der Waals surface area (Å²) in [5.41, 5.74) is -0.114. The molecule has 0 radical (unpaired) electrons. The number of amides is 1. The lowest BCUT2D eigenvalue weighted by Crippen LogP contribution is -2.14. The SMILES string of the molecule is O=C(Nc1ccc(F)cc1Cl)c1c(F)cccc1Cl. The molecule has 1 amide bonds. The first kappa shape index (κ1) is 13.8. The Bertz CT molecular complexity index is 626. The van der Waals surface area contributed by atoms with E-state index in [0.29, 0.717) is 0 Å². The molecule has 0 heterocycles. The fourth-order valence-electron chi connectivity index (χ4n) is 1.49. The molecule has 0 aliphatic rings. The highest BCUT2D eigenvalue weighted by molar-refractivity contribution is 6.36. The molecule has 0 unspecified atom stereocenters. The molecular weight excluding hydrogens is 295 g/mol. The van der Waals surface area contributed by atoms with Gasteiger partial charge in [0.1, 0.15) is 11.6 Å². The zero-order chi connectivity index (χ0) is 14.0. The summed E-state index contributed by atoms with van der Waals surface area (Å²) in [6.45, 7) is 0. The summed E-state index contributed by atoms with van der Waals surface area (Å²) in [4.78, 5) is 11.9. The van der Waals surface area contributed by atoms with Gasteiger partial charge in [-0.05, 0) is 30.3 Å². The Hall–Kier alpha value is -1.65. The number of hydrogen-bond donors (Lipinski definition) is 1. The lowest BCUT2D eigenvalue weighted by Gasteiger charge is -2.09. The van der Waals surface area contributed by atoms with Crippen molar-refractivity contribution in [2.24, 2.45) is 0 Å². The van der Waals surface area contributed by atoms with Crippen molar-refractivity contribution in [2.45, 2.75) is 0 Å². The summed E-state index contributed by atoms with van der Waals surface area (Å²) >= 11 is 11.5. The largest absolute Gasteiger partial charge is 0.320 e. The van der Waals surface area contributed by atoms with Crippen LogP contribution in [0.4, 0.5) is 14.5 Å². The van der Waals surface area contributed by atoms with E-state index >= 15 is 0 Å². The van der Waals surface area contributed by atoms with Crippen LogP contribution in [-0.2, 0) is 0 Å². The quantitative estimate of drug-likeness (QED) is 0.868. The zero-order valence-electron chi connectivity index (χ0n) is 9.38. The molecule has 6 heteroatoms. The molecule has 2 aromatic rings. The van der Waals surface area contributed by atoms with Gasteiger partial charge in [-0.15, -0.1) is 0 Å². The van der Waals surface area contributed by atoms with Crippen molar-refractivity contribution < 1.29 is 13.6 Å². The predicted molar refractivity (Wildman–Crippen MR) is 70.8 cm³/mol. The van der Waals surface area contributed by atoms with Crippen molar-refractivity contribution in [3.8, 4) is 0 Å². The molecular formula is C13H7Cl2F2NO. The molecule has 2 aromatic carbocycles. The predicted octanol–water partition coefficient (Wildman–Crippen LogP) is 4.52. The maximum Gasteiger partial charge on any atom is 0.260 e. The van der Waals surface area contributed by atoms with Crippen molar-refractivity contribution in [1.29, 1.82) is 0 Å². The number of nitrogens with one attached hydrogen (secondary N) is 1. The summed E-state index contributed by atoms with van der Waals surface area (Å²) in [5, 5.41) is 2.37. The van der Waals surface area contributed by atoms with Crippen LogP contribution in [-0.4, -0.2) is 5.91 Å². The van der Waals surface area contributed by atoms with Crippen molar-refractivity contribution in [1.82, 2.24) is 0 Å². The van der Waals surface area contributed by atoms with E-state index in [1.165, 1.54) is 18.2 Å². The van der Waals surface area contributed by atoms with Crippen LogP contribution in [0.1, 0.15) is 10.4 Å². The lowest BCUT2D eigenvalue weighted by atomic mass is 10.2. The normalized spacial score (nSPS) is 10.3. The fourth-order valence-corrected chi connectivity index (χ4v) is 1.95. The van der Waals surface area contributed by atoms with Crippen LogP contribution in [0.3, 0.4) is 0 Å². The Morgan fingerprint density at radius 3 is 2.42 bits per heavy atom. The molecule has 0 fully saturated rings. The summed E-state index contributed by atoms with van der Waals surface area (Å²) in [6.07, 6.45) is 0. The smallest absolute Gasteiger partial charge is 0.260 e. The topological polar surface area (TPSA) is 29.1 Å². The molecule has 1 N–H and O–H groups in total. The minimum atomic E-state index is -0.753. The molecule has 19 heavy (non-hydrogen) atoms. The summed E-state index contributed by atoms with van der Waals surface area (Å²) in [5.74, 6) is -2.04. The van der Waals surface area contributed by atoms with E-state index in [0.717, 1.165) is 18.2 Å². The molecule has 0 saturated carbocycles. The van der Waals surface area contributed by atoms with Crippen LogP contribution < -0.4 is 5.32 Å². The van der Waals surface area contributed by atoms with Gasteiger partial charge in [-0.3, -0.25) is 4.79 Å². The third kappa shape index (κ3) is 3.03. The van der Waals surface area contributed by atoms with E-state index in [-0.39, 0.29) is 21.3 Å². The monoisotopic (exact) mass is 301 g/mol. The maximum absolute atomic E-state index is 13.5. The summed E-state index contributed by atoms with van der Waals surface area (Å²) in [7, 11) is 0. The Kier molecular flexibility index (Phi) is 4.02. The molecule has 0 bridgehead atoms. The van der Waals surface area contributed by atoms with Crippen LogP contribution in [0.5, 0.6) is 0 Å². The van der Waals surface area contributed by atoms with Gasteiger partial charge in [-0.2, -0.15) is 0 Å². The molecule has 2 nitrogen and oxygen atoms in total. The van der Waals surface area contributed by atoms with Gasteiger partial charge >= 0.3 is 0 Å². The standard InChI is InChI=1S/C13H7Cl2F2NO/c14-8-2-1-3-10(17)12(8)13(19)18-11-5-4-7(16)6-9(11)15/h1-6H,(H,18,19). The molecule has 2 rings (SSSR count). The summed E-state index contributed by atoms with van der Waals surface area (Å²) in [6, 6.07) is 7.35. The Morgan fingerprint density at radius 1 is 1.05 bits per heavy atom. The van der Waals surface area contributed by atoms with Crippen molar-refractivity contribution in [3.63, 3.8) is 0 Å². The minimum absolute atomic E-state index is 0.0146. The number of hydrogen-bond acceptors (Lipinski definition) is 1. The molecule has 98 valence electrons. The van der Waals surface area contributed by atoms with Gasteiger partial charge in [0, 0.05) is 0 Å². The van der Waals surface area contributed by atoms with Gasteiger partial charge in [0.25, 0.3) is 5.91 Å². The van der Waals surface area contributed by atoms with Crippen LogP contribution >= 0.6 is 23.2 Å². The van der Waals surface area contributed by atoms with E-state index in [9.17, 15) is 13.6 Å². The average Bonchev–Trinajstić information content (AvgIpc) is 2.32. The van der Waals surface area contributed by atoms with Gasteiger partial charge in [0.2, 0.25) is 0 Å². The number of benzene rings is 2. The lowest BCUT2D eigenvalue weighted by molar-refractivity contribution is 0.102. The van der Waals surface area contributed by atoms with E-state index in [1.54, 1.807) is 0 Å². The van der Waals surface area contributed by atoms with Gasteiger partial charge < -0.3 is 5.32 Å². The van der Waals surface area contributed by atoms with Crippen molar-refractivity contribution >= 4 is 34.8 Å². The fraction of sp³-hybridized carbons (Fsp3) is 0. The first-order valence-corrected chi connectivity index (χ1v) is 5.95. The average molecular weight is 302 g/mol. The van der Waals surface area contributed by atoms with E-state index in [1.807, 2.05) is 0 Å². The first-order valence-electron chi connectivity index (χ1n) is 5.19. The Labute approximate surface area is 118 Å². The highest BCUT2D eigenvalue weighted by Crippen LogP contribution is 2.25. The van der Waals surface area contributed by atoms with Crippen LogP contribution in [0.15, 0.2) is 36.4 Å². The second kappa shape index (κ2) is 5.55. The van der Waals surface area contributed by atoms with Crippen molar-refractivity contribution in [3.05, 3.63) is 63.6 Å². The number of rotatable bonds is 2. The second-order valence-corrected chi connectivity index (χ2v) is 4.49. The van der Waals surface area contributed by atoms with Crippen LogP contribution in [0.2, 0.25) is 10.0 Å². The Balaban J connectivity index is 2.31. The third-order valence-corrected chi connectivity index (χ3v) is 3.00. The molecule has 0 spiro atoms. The van der Waals surface area contributed by atoms with Crippen LogP contribution in [0, 0.1) is 11.6 Å². The maximum atomic E-state index is 13.5. The third-order valence-electron chi connectivity index (χ3n) is 2.37. The van der Waals surface area contributed by atoms with Crippen LogP contribution in [0.25, 0.3) is 0 Å². The van der Waals surface area contributed by atoms with Gasteiger partial charge in [-0.25, -0.2) is 8.78 Å². The molecule has 0 aliphatic carbocycles. The molecule has 0 atom stereocenters. The molecule has 0 aliphatic heterocycles. The molecule has 0 saturated heterocycles. The number of halogens is 4. The zero-order valence-corrected chi connectivity index (χ0v) is 10.9. The first-order chi connectivity index (χ1) is 8.99. The highest BCUT2D eigenvalue weighted by Gasteiger charge is 2.16. The summed E-state index contributed by atoms with van der Waals surface area (Å²) < 4.78 is 26.4. The number of carbonyl (C=O) groups excluding carboxylic acids is 1. The van der Waals surface area contributed by atoms with Gasteiger partial charge in [-0.1, -0.05) is 29.3 Å². The highest BCUT2D eigenvalue weighted by atomic mass is 35.5. The van der Waals surface area contributed by atoms with Gasteiger partial charge in [0.05, 0.1) is 21.3 Å². The van der Waals surface area contributed by atoms with E-state index in [2.05, 4.69) is 5.32 Å². The van der Waals surface area contributed by atoms with Gasteiger partial charge in [0.15, 0.2) is 0 Å². The number of anilines is 1. The van der Waals surface area contributed by atoms with Crippen molar-refractivity contribution in [2.75, 3.05) is 5.32 Å².